The van der Waals surface area contributed by atoms with Gasteiger partial charge in [-0.05, 0) is 43.0 Å². The van der Waals surface area contributed by atoms with Crippen LogP contribution in [0.3, 0.4) is 0 Å². The zero-order chi connectivity index (χ0) is 14.1. The molecule has 0 aliphatic heterocycles. The van der Waals surface area contributed by atoms with Crippen LogP contribution < -0.4 is 5.73 Å². The fourth-order valence-corrected chi connectivity index (χ4v) is 3.62. The largest absolute Gasteiger partial charge is 0.328 e. The Kier molecular flexibility index (Phi) is 3.59. The molecule has 1 atom stereocenters. The molecule has 3 nitrogen and oxygen atoms in total. The number of rotatable bonds is 4. The van der Waals surface area contributed by atoms with E-state index in [4.69, 9.17) is 10.7 Å². The summed E-state index contributed by atoms with van der Waals surface area (Å²) < 4.78 is 2.26. The van der Waals surface area contributed by atoms with Crippen molar-refractivity contribution in [1.82, 2.24) is 9.55 Å². The van der Waals surface area contributed by atoms with E-state index in [-0.39, 0.29) is 6.04 Å². The summed E-state index contributed by atoms with van der Waals surface area (Å²) in [6.07, 6.45) is 0.782. The number of nitrogens with zero attached hydrogens (tertiary/aromatic N) is 2. The lowest BCUT2D eigenvalue weighted by molar-refractivity contribution is 0.642. The van der Waals surface area contributed by atoms with E-state index in [1.54, 1.807) is 11.3 Å². The van der Waals surface area contributed by atoms with Gasteiger partial charge in [0.1, 0.15) is 5.82 Å². The fourth-order valence-electron chi connectivity index (χ4n) is 2.69. The molecule has 3 aromatic rings. The Labute approximate surface area is 123 Å². The van der Waals surface area contributed by atoms with Gasteiger partial charge >= 0.3 is 0 Å². The van der Waals surface area contributed by atoms with Crippen molar-refractivity contribution in [3.05, 3.63) is 52.0 Å². The predicted molar refractivity (Wildman–Crippen MR) is 85.1 cm³/mol. The van der Waals surface area contributed by atoms with Crippen molar-refractivity contribution in [2.75, 3.05) is 0 Å². The highest BCUT2D eigenvalue weighted by molar-refractivity contribution is 7.10. The Morgan fingerprint density at radius 3 is 2.80 bits per heavy atom. The van der Waals surface area contributed by atoms with Crippen molar-refractivity contribution in [3.63, 3.8) is 0 Å². The second-order valence-corrected chi connectivity index (χ2v) is 5.99. The van der Waals surface area contributed by atoms with Crippen LogP contribution >= 0.6 is 11.3 Å². The predicted octanol–water partition coefficient (Wildman–Crippen LogP) is 3.67. The molecule has 0 amide bonds. The van der Waals surface area contributed by atoms with E-state index in [2.05, 4.69) is 48.1 Å². The maximum absolute atomic E-state index is 6.37. The number of thiophene rings is 1. The maximum Gasteiger partial charge on any atom is 0.111 e. The van der Waals surface area contributed by atoms with Gasteiger partial charge in [0.25, 0.3) is 0 Å². The fraction of sp³-hybridized carbons (Fsp3) is 0.312. The van der Waals surface area contributed by atoms with Crippen LogP contribution in [0.1, 0.15) is 29.2 Å². The molecule has 2 aromatic heterocycles. The SMILES string of the molecule is CCn1c(CC(N)c2sccc2C)nc2ccccc21. The van der Waals surface area contributed by atoms with E-state index in [0.29, 0.717) is 0 Å². The molecule has 0 aliphatic carbocycles. The summed E-state index contributed by atoms with van der Waals surface area (Å²) in [7, 11) is 0. The summed E-state index contributed by atoms with van der Waals surface area (Å²) >= 11 is 1.74. The summed E-state index contributed by atoms with van der Waals surface area (Å²) in [6.45, 7) is 5.19. The number of benzene rings is 1. The molecule has 0 bridgehead atoms. The molecule has 2 heterocycles. The first-order valence-electron chi connectivity index (χ1n) is 6.94. The Morgan fingerprint density at radius 2 is 2.10 bits per heavy atom. The van der Waals surface area contributed by atoms with Crippen molar-refractivity contribution >= 4 is 22.4 Å². The first-order chi connectivity index (χ1) is 9.70. The second-order valence-electron chi connectivity index (χ2n) is 5.04. The van der Waals surface area contributed by atoms with Gasteiger partial charge in [0.05, 0.1) is 11.0 Å². The van der Waals surface area contributed by atoms with E-state index >= 15 is 0 Å². The van der Waals surface area contributed by atoms with Crippen LogP contribution in [-0.4, -0.2) is 9.55 Å². The van der Waals surface area contributed by atoms with Crippen LogP contribution in [0.2, 0.25) is 0 Å². The van der Waals surface area contributed by atoms with Crippen molar-refractivity contribution in [3.8, 4) is 0 Å². The molecule has 2 N–H and O–H groups in total. The van der Waals surface area contributed by atoms with Gasteiger partial charge in [0.2, 0.25) is 0 Å². The molecule has 20 heavy (non-hydrogen) atoms. The molecule has 0 saturated heterocycles. The lowest BCUT2D eigenvalue weighted by atomic mass is 10.1. The molecule has 4 heteroatoms. The molecule has 3 rings (SSSR count). The molecular weight excluding hydrogens is 266 g/mol. The molecule has 0 aliphatic rings. The summed E-state index contributed by atoms with van der Waals surface area (Å²) in [6, 6.07) is 10.4. The molecule has 0 saturated carbocycles. The zero-order valence-electron chi connectivity index (χ0n) is 11.8. The summed E-state index contributed by atoms with van der Waals surface area (Å²) in [5.74, 6) is 1.08. The van der Waals surface area contributed by atoms with E-state index in [1.165, 1.54) is 16.0 Å². The van der Waals surface area contributed by atoms with Crippen LogP contribution in [-0.2, 0) is 13.0 Å². The first kappa shape index (κ1) is 13.3. The highest BCUT2D eigenvalue weighted by Gasteiger charge is 2.16. The highest BCUT2D eigenvalue weighted by Crippen LogP contribution is 2.26. The quantitative estimate of drug-likeness (QED) is 0.795. The first-order valence-corrected chi connectivity index (χ1v) is 7.82. The molecule has 0 spiro atoms. The summed E-state index contributed by atoms with van der Waals surface area (Å²) in [5.41, 5.74) is 9.90. The Balaban J connectivity index is 1.96. The normalized spacial score (nSPS) is 12.9. The van der Waals surface area contributed by atoms with Gasteiger partial charge in [-0.2, -0.15) is 0 Å². The number of hydrogen-bond acceptors (Lipinski definition) is 3. The minimum atomic E-state index is 0.0251. The van der Waals surface area contributed by atoms with Crippen LogP contribution in [0.25, 0.3) is 11.0 Å². The lowest BCUT2D eigenvalue weighted by Crippen LogP contribution is -2.16. The number of nitrogens with two attached hydrogens (primary N) is 1. The molecule has 1 aromatic carbocycles. The van der Waals surface area contributed by atoms with Gasteiger partial charge in [-0.3, -0.25) is 0 Å². The van der Waals surface area contributed by atoms with E-state index in [0.717, 1.165) is 24.3 Å². The molecule has 104 valence electrons. The summed E-state index contributed by atoms with van der Waals surface area (Å²) in [4.78, 5) is 6.01. The van der Waals surface area contributed by atoms with E-state index in [9.17, 15) is 0 Å². The number of aromatic nitrogens is 2. The third-order valence-corrected chi connectivity index (χ3v) is 4.84. The number of para-hydroxylation sites is 2. The van der Waals surface area contributed by atoms with Gasteiger partial charge in [0.15, 0.2) is 0 Å². The Morgan fingerprint density at radius 1 is 1.30 bits per heavy atom. The van der Waals surface area contributed by atoms with Crippen molar-refractivity contribution in [1.29, 1.82) is 0 Å². The van der Waals surface area contributed by atoms with Crippen molar-refractivity contribution in [2.45, 2.75) is 32.9 Å². The molecular formula is C16H19N3S. The maximum atomic E-state index is 6.37. The third kappa shape index (κ3) is 2.25. The second kappa shape index (κ2) is 5.38. The van der Waals surface area contributed by atoms with E-state index < -0.39 is 0 Å². The molecule has 1 unspecified atom stereocenters. The minimum absolute atomic E-state index is 0.0251. The van der Waals surface area contributed by atoms with Crippen LogP contribution in [0.15, 0.2) is 35.7 Å². The number of imidazole rings is 1. The Bertz CT molecular complexity index is 726. The van der Waals surface area contributed by atoms with Crippen LogP contribution in [0, 0.1) is 6.92 Å². The molecule has 0 fully saturated rings. The van der Waals surface area contributed by atoms with Crippen molar-refractivity contribution in [2.24, 2.45) is 5.73 Å². The minimum Gasteiger partial charge on any atom is -0.328 e. The molecule has 0 radical (unpaired) electrons. The van der Waals surface area contributed by atoms with Crippen molar-refractivity contribution < 1.29 is 0 Å². The van der Waals surface area contributed by atoms with Gasteiger partial charge < -0.3 is 10.3 Å². The average Bonchev–Trinajstić information content (AvgIpc) is 3.01. The van der Waals surface area contributed by atoms with E-state index in [1.807, 2.05) is 6.07 Å². The average molecular weight is 285 g/mol. The number of fused-ring (bicyclic) bond motifs is 1. The highest BCUT2D eigenvalue weighted by atomic mass is 32.1. The monoisotopic (exact) mass is 285 g/mol. The van der Waals surface area contributed by atoms with Gasteiger partial charge in [0, 0.05) is 23.9 Å². The smallest absolute Gasteiger partial charge is 0.111 e. The topological polar surface area (TPSA) is 43.8 Å². The van der Waals surface area contributed by atoms with Crippen LogP contribution in [0.5, 0.6) is 0 Å². The van der Waals surface area contributed by atoms with Crippen LogP contribution in [0.4, 0.5) is 0 Å². The van der Waals surface area contributed by atoms with Gasteiger partial charge in [-0.25, -0.2) is 4.98 Å². The summed E-state index contributed by atoms with van der Waals surface area (Å²) in [5, 5.41) is 2.10. The third-order valence-electron chi connectivity index (χ3n) is 3.69. The number of hydrogen-bond donors (Lipinski definition) is 1. The van der Waals surface area contributed by atoms with Gasteiger partial charge in [-0.1, -0.05) is 12.1 Å². The standard InChI is InChI=1S/C16H19N3S/c1-3-19-14-7-5-4-6-13(14)18-15(19)10-12(17)16-11(2)8-9-20-16/h4-9,12H,3,10,17H2,1-2H3. The Hall–Kier alpha value is -1.65. The zero-order valence-corrected chi connectivity index (χ0v) is 12.7. The number of aryl methyl sites for hydroxylation is 2. The lowest BCUT2D eigenvalue weighted by Gasteiger charge is -2.12. The van der Waals surface area contributed by atoms with Gasteiger partial charge in [-0.15, -0.1) is 11.3 Å².